The van der Waals surface area contributed by atoms with E-state index in [1.807, 2.05) is 17.0 Å². The molecule has 41 heavy (non-hydrogen) atoms. The van der Waals surface area contributed by atoms with Gasteiger partial charge in [0, 0.05) is 56.3 Å². The van der Waals surface area contributed by atoms with Crippen molar-refractivity contribution in [3.63, 3.8) is 0 Å². The number of hydrogen-bond acceptors (Lipinski definition) is 9. The molecule has 3 aliphatic rings. The molecule has 3 heterocycles. The van der Waals surface area contributed by atoms with Crippen molar-refractivity contribution in [1.29, 1.82) is 0 Å². The number of pyridine rings is 1. The number of nitrogens with zero attached hydrogens (tertiary/aromatic N) is 4. The van der Waals surface area contributed by atoms with Gasteiger partial charge in [-0.15, -0.1) is 0 Å². The molecule has 1 amide bonds. The lowest BCUT2D eigenvalue weighted by molar-refractivity contribution is -0.120. The second-order valence-corrected chi connectivity index (χ2v) is 10.9. The first-order chi connectivity index (χ1) is 20.0. The number of carbonyl (C=O) groups is 1. The molecule has 6 rings (SSSR count). The van der Waals surface area contributed by atoms with Crippen molar-refractivity contribution in [3.8, 4) is 34.3 Å². The largest absolute Gasteiger partial charge is 0.493 e. The molecule has 3 aromatic rings. The molecule has 2 aliphatic heterocycles. The van der Waals surface area contributed by atoms with Crippen LogP contribution >= 0.6 is 0 Å². The van der Waals surface area contributed by atoms with Crippen LogP contribution in [0.3, 0.4) is 0 Å². The molecule has 0 saturated carbocycles. The van der Waals surface area contributed by atoms with Gasteiger partial charge in [0.25, 0.3) is 0 Å². The van der Waals surface area contributed by atoms with E-state index in [1.54, 1.807) is 21.3 Å². The second kappa shape index (κ2) is 11.3. The Morgan fingerprint density at radius 2 is 1.68 bits per heavy atom. The summed E-state index contributed by atoms with van der Waals surface area (Å²) in [6.07, 6.45) is 2.47. The number of fused-ring (bicyclic) bond motifs is 4. The van der Waals surface area contributed by atoms with E-state index in [1.165, 1.54) is 16.7 Å². The average Bonchev–Trinajstić information content (AvgIpc) is 3.00. The van der Waals surface area contributed by atoms with Crippen LogP contribution in [0.15, 0.2) is 18.2 Å². The van der Waals surface area contributed by atoms with Gasteiger partial charge in [-0.2, -0.15) is 0 Å². The highest BCUT2D eigenvalue weighted by molar-refractivity contribution is 6.10. The first-order valence-corrected chi connectivity index (χ1v) is 14.3. The minimum atomic E-state index is 0.0749. The summed E-state index contributed by atoms with van der Waals surface area (Å²) >= 11 is 0. The third-order valence-corrected chi connectivity index (χ3v) is 8.58. The number of ether oxygens (including phenoxy) is 4. The second-order valence-electron chi connectivity index (χ2n) is 10.9. The quantitative estimate of drug-likeness (QED) is 0.444. The number of hydrogen-bond donors (Lipinski definition) is 1. The Bertz CT molecular complexity index is 1480. The van der Waals surface area contributed by atoms with E-state index in [-0.39, 0.29) is 5.91 Å². The summed E-state index contributed by atoms with van der Waals surface area (Å²) in [6, 6.07) is 6.02. The van der Waals surface area contributed by atoms with Crippen LogP contribution in [-0.4, -0.2) is 101 Å². The number of rotatable bonds is 8. The lowest BCUT2D eigenvalue weighted by Gasteiger charge is -2.36. The fourth-order valence-corrected chi connectivity index (χ4v) is 6.45. The zero-order valence-electron chi connectivity index (χ0n) is 24.4. The number of aromatic nitrogens is 1. The van der Waals surface area contributed by atoms with Gasteiger partial charge in [0.05, 0.1) is 44.8 Å². The van der Waals surface area contributed by atoms with Crippen molar-refractivity contribution < 1.29 is 23.7 Å². The van der Waals surface area contributed by atoms with Gasteiger partial charge in [0.2, 0.25) is 5.91 Å². The smallest absolute Gasteiger partial charge is 0.241 e. The van der Waals surface area contributed by atoms with E-state index in [0.29, 0.717) is 49.2 Å². The van der Waals surface area contributed by atoms with Gasteiger partial charge >= 0.3 is 0 Å². The summed E-state index contributed by atoms with van der Waals surface area (Å²) in [4.78, 5) is 25.5. The number of likely N-dealkylation sites (N-methyl/N-ethyl adjacent to an activating group) is 1. The molecule has 10 nitrogen and oxygen atoms in total. The molecule has 10 heteroatoms. The van der Waals surface area contributed by atoms with Gasteiger partial charge in [-0.1, -0.05) is 0 Å². The van der Waals surface area contributed by atoms with Gasteiger partial charge in [-0.05, 0) is 55.1 Å². The van der Waals surface area contributed by atoms with Crippen LogP contribution in [0.5, 0.6) is 23.0 Å². The van der Waals surface area contributed by atoms with Gasteiger partial charge in [-0.3, -0.25) is 9.69 Å². The fourth-order valence-electron chi connectivity index (χ4n) is 6.45. The van der Waals surface area contributed by atoms with Gasteiger partial charge in [0.1, 0.15) is 6.61 Å². The topological polar surface area (TPSA) is 103 Å². The Kier molecular flexibility index (Phi) is 7.63. The van der Waals surface area contributed by atoms with Crippen LogP contribution in [-0.2, 0) is 24.1 Å². The van der Waals surface area contributed by atoms with Crippen molar-refractivity contribution in [2.75, 3.05) is 85.7 Å². The van der Waals surface area contributed by atoms with Gasteiger partial charge in [0.15, 0.2) is 23.0 Å². The van der Waals surface area contributed by atoms with E-state index in [4.69, 9.17) is 29.7 Å². The van der Waals surface area contributed by atoms with Crippen molar-refractivity contribution in [3.05, 3.63) is 34.9 Å². The number of benzene rings is 2. The Morgan fingerprint density at radius 1 is 0.902 bits per heavy atom. The van der Waals surface area contributed by atoms with Crippen molar-refractivity contribution in [2.24, 2.45) is 5.73 Å². The molecule has 2 N–H and O–H groups in total. The molecule has 2 aromatic carbocycles. The maximum absolute atomic E-state index is 13.8. The molecule has 1 aromatic heterocycles. The van der Waals surface area contributed by atoms with Gasteiger partial charge in [-0.25, -0.2) is 4.98 Å². The third-order valence-electron chi connectivity index (χ3n) is 8.58. The maximum Gasteiger partial charge on any atom is 0.241 e. The zero-order valence-corrected chi connectivity index (χ0v) is 24.4. The Morgan fingerprint density at radius 3 is 2.39 bits per heavy atom. The van der Waals surface area contributed by atoms with Crippen LogP contribution in [0, 0.1) is 0 Å². The summed E-state index contributed by atoms with van der Waals surface area (Å²) in [5, 5.41) is 0.984. The third kappa shape index (κ3) is 4.83. The number of nitrogens with two attached hydrogens (primary N) is 1. The lowest BCUT2D eigenvalue weighted by atomic mass is 9.82. The molecule has 0 radical (unpaired) electrons. The predicted octanol–water partition coefficient (Wildman–Crippen LogP) is 2.50. The monoisotopic (exact) mass is 561 g/mol. The van der Waals surface area contributed by atoms with Crippen LogP contribution in [0.25, 0.3) is 22.2 Å². The maximum atomic E-state index is 13.8. The molecule has 0 spiro atoms. The van der Waals surface area contributed by atoms with Crippen LogP contribution in [0.4, 0.5) is 5.69 Å². The number of methoxy groups -OCH3 is 3. The first-order valence-electron chi connectivity index (χ1n) is 14.3. The SMILES string of the molecule is COc1cc2c(cc1OCCN)CCc1c-2nc2cc(OC)c(OC)c3c2c1CCN3C(=O)CN1CCN(C)CC1. The lowest BCUT2D eigenvalue weighted by Crippen LogP contribution is -2.49. The first kappa shape index (κ1) is 27.6. The predicted molar refractivity (Wildman–Crippen MR) is 159 cm³/mol. The Labute approximate surface area is 240 Å². The molecular weight excluding hydrogens is 522 g/mol. The van der Waals surface area contributed by atoms with E-state index < -0.39 is 0 Å². The summed E-state index contributed by atoms with van der Waals surface area (Å²) < 4.78 is 23.3. The zero-order chi connectivity index (χ0) is 28.7. The fraction of sp³-hybridized carbons (Fsp3) is 0.484. The average molecular weight is 562 g/mol. The van der Waals surface area contributed by atoms with E-state index in [2.05, 4.69) is 22.9 Å². The van der Waals surface area contributed by atoms with E-state index in [9.17, 15) is 4.79 Å². The minimum absolute atomic E-state index is 0.0749. The molecule has 1 fully saturated rings. The Balaban J connectivity index is 1.47. The summed E-state index contributed by atoms with van der Waals surface area (Å²) in [5.74, 6) is 2.58. The van der Waals surface area contributed by atoms with Gasteiger partial charge < -0.3 is 34.5 Å². The summed E-state index contributed by atoms with van der Waals surface area (Å²) in [6.45, 7) is 5.51. The van der Waals surface area contributed by atoms with Crippen LogP contribution < -0.4 is 29.6 Å². The number of piperazine rings is 1. The number of anilines is 1. The molecule has 1 saturated heterocycles. The van der Waals surface area contributed by atoms with Crippen molar-refractivity contribution in [1.82, 2.24) is 14.8 Å². The molecular formula is C31H39N5O5. The van der Waals surface area contributed by atoms with E-state index in [0.717, 1.165) is 73.3 Å². The molecule has 0 atom stereocenters. The summed E-state index contributed by atoms with van der Waals surface area (Å²) in [7, 11) is 7.03. The number of aryl methyl sites for hydroxylation is 1. The highest BCUT2D eigenvalue weighted by Gasteiger charge is 2.35. The normalized spacial score (nSPS) is 16.8. The molecule has 0 unspecified atom stereocenters. The minimum Gasteiger partial charge on any atom is -0.493 e. The number of amides is 1. The van der Waals surface area contributed by atoms with Crippen molar-refractivity contribution >= 4 is 22.5 Å². The summed E-state index contributed by atoms with van der Waals surface area (Å²) in [5.41, 5.74) is 12.9. The van der Waals surface area contributed by atoms with Crippen LogP contribution in [0.2, 0.25) is 0 Å². The highest BCUT2D eigenvalue weighted by atomic mass is 16.5. The molecule has 218 valence electrons. The standard InChI is InChI=1S/C31H39N5O5/c1-34-10-12-35(13-11-34)18-27(37)36-9-7-20-21-6-5-19-15-25(41-14-8-32)24(38-2)16-22(19)29(21)33-23-17-26(39-3)31(40-4)30(36)28(20)23/h15-17H,5-14,18,32H2,1-4H3. The molecule has 0 bridgehead atoms. The van der Waals surface area contributed by atoms with Crippen LogP contribution in [0.1, 0.15) is 16.7 Å². The molecule has 1 aliphatic carbocycles. The Hall–Kier alpha value is -3.60. The number of carbonyl (C=O) groups excluding carboxylic acids is 1. The van der Waals surface area contributed by atoms with Crippen molar-refractivity contribution in [2.45, 2.75) is 19.3 Å². The highest BCUT2D eigenvalue weighted by Crippen LogP contribution is 2.50. The van der Waals surface area contributed by atoms with E-state index >= 15 is 0 Å².